The van der Waals surface area contributed by atoms with Gasteiger partial charge >= 0.3 is 0 Å². The van der Waals surface area contributed by atoms with Crippen molar-refractivity contribution in [1.82, 2.24) is 10.2 Å². The molecule has 0 saturated carbocycles. The monoisotopic (exact) mass is 212 g/mol. The summed E-state index contributed by atoms with van der Waals surface area (Å²) in [5, 5.41) is 3.50. The highest BCUT2D eigenvalue weighted by Crippen LogP contribution is 2.26. The highest BCUT2D eigenvalue weighted by molar-refractivity contribution is 4.84. The first-order valence-corrected chi connectivity index (χ1v) is 6.56. The molecule has 0 aromatic heterocycles. The zero-order valence-corrected chi connectivity index (χ0v) is 11.0. The van der Waals surface area contributed by atoms with Crippen LogP contribution in [0.25, 0.3) is 0 Å². The zero-order valence-electron chi connectivity index (χ0n) is 11.0. The Balaban J connectivity index is 2.43. The van der Waals surface area contributed by atoms with E-state index in [1.807, 2.05) is 0 Å². The minimum Gasteiger partial charge on any atom is -0.316 e. The number of hydrogen-bond acceptors (Lipinski definition) is 2. The Hall–Kier alpha value is -0.0800. The third kappa shape index (κ3) is 3.76. The molecule has 0 aromatic rings. The Bertz CT molecular complexity index is 181. The molecule has 15 heavy (non-hydrogen) atoms. The van der Waals surface area contributed by atoms with Crippen molar-refractivity contribution in [3.63, 3.8) is 0 Å². The first-order chi connectivity index (χ1) is 7.11. The second-order valence-corrected chi connectivity index (χ2v) is 5.41. The van der Waals surface area contributed by atoms with Gasteiger partial charge in [0.2, 0.25) is 0 Å². The SMILES string of the molecule is CCNCC(C)(CC)CN1CCCC1C. The molecular weight excluding hydrogens is 184 g/mol. The van der Waals surface area contributed by atoms with Crippen LogP contribution in [0.1, 0.15) is 47.0 Å². The predicted octanol–water partition coefficient (Wildman–Crippen LogP) is 2.50. The fourth-order valence-electron chi connectivity index (χ4n) is 2.44. The molecule has 0 bridgehead atoms. The lowest BCUT2D eigenvalue weighted by molar-refractivity contribution is 0.151. The third-order valence-electron chi connectivity index (χ3n) is 3.93. The summed E-state index contributed by atoms with van der Waals surface area (Å²) < 4.78 is 0. The number of nitrogens with zero attached hydrogens (tertiary/aromatic N) is 1. The van der Waals surface area contributed by atoms with Crippen LogP contribution in [0.5, 0.6) is 0 Å². The molecule has 90 valence electrons. The summed E-state index contributed by atoms with van der Waals surface area (Å²) in [5.74, 6) is 0. The van der Waals surface area contributed by atoms with Gasteiger partial charge < -0.3 is 10.2 Å². The van der Waals surface area contributed by atoms with Crippen LogP contribution in [-0.2, 0) is 0 Å². The second-order valence-electron chi connectivity index (χ2n) is 5.41. The molecule has 1 fully saturated rings. The minimum atomic E-state index is 0.453. The molecule has 1 aliphatic rings. The summed E-state index contributed by atoms with van der Waals surface area (Å²) in [7, 11) is 0. The lowest BCUT2D eigenvalue weighted by Crippen LogP contribution is -2.43. The van der Waals surface area contributed by atoms with Gasteiger partial charge in [-0.25, -0.2) is 0 Å². The van der Waals surface area contributed by atoms with E-state index in [4.69, 9.17) is 0 Å². The van der Waals surface area contributed by atoms with E-state index in [0.717, 1.165) is 19.1 Å². The maximum absolute atomic E-state index is 3.50. The third-order valence-corrected chi connectivity index (χ3v) is 3.93. The van der Waals surface area contributed by atoms with Gasteiger partial charge in [-0.2, -0.15) is 0 Å². The molecule has 2 atom stereocenters. The largest absolute Gasteiger partial charge is 0.316 e. The van der Waals surface area contributed by atoms with E-state index in [1.165, 1.54) is 32.4 Å². The Morgan fingerprint density at radius 3 is 2.60 bits per heavy atom. The van der Waals surface area contributed by atoms with E-state index in [2.05, 4.69) is 37.9 Å². The van der Waals surface area contributed by atoms with Crippen molar-refractivity contribution in [3.8, 4) is 0 Å². The average Bonchev–Trinajstić information content (AvgIpc) is 2.61. The van der Waals surface area contributed by atoms with Crippen LogP contribution in [0, 0.1) is 5.41 Å². The van der Waals surface area contributed by atoms with Crippen LogP contribution in [0.2, 0.25) is 0 Å². The summed E-state index contributed by atoms with van der Waals surface area (Å²) in [5.41, 5.74) is 0.453. The van der Waals surface area contributed by atoms with E-state index >= 15 is 0 Å². The van der Waals surface area contributed by atoms with Gasteiger partial charge in [0, 0.05) is 19.1 Å². The van der Waals surface area contributed by atoms with Crippen molar-refractivity contribution in [1.29, 1.82) is 0 Å². The maximum Gasteiger partial charge on any atom is 0.00676 e. The van der Waals surface area contributed by atoms with Gasteiger partial charge in [0.1, 0.15) is 0 Å². The van der Waals surface area contributed by atoms with Crippen LogP contribution in [0.15, 0.2) is 0 Å². The van der Waals surface area contributed by atoms with Gasteiger partial charge in [-0.15, -0.1) is 0 Å². The van der Waals surface area contributed by atoms with Crippen LogP contribution >= 0.6 is 0 Å². The van der Waals surface area contributed by atoms with E-state index < -0.39 is 0 Å². The fourth-order valence-corrected chi connectivity index (χ4v) is 2.44. The van der Waals surface area contributed by atoms with Gasteiger partial charge in [-0.1, -0.05) is 20.8 Å². The highest BCUT2D eigenvalue weighted by Gasteiger charge is 2.29. The van der Waals surface area contributed by atoms with Crippen molar-refractivity contribution in [2.24, 2.45) is 5.41 Å². The Morgan fingerprint density at radius 2 is 2.13 bits per heavy atom. The van der Waals surface area contributed by atoms with Gasteiger partial charge in [0.25, 0.3) is 0 Å². The quantitative estimate of drug-likeness (QED) is 0.728. The molecule has 1 N–H and O–H groups in total. The summed E-state index contributed by atoms with van der Waals surface area (Å²) in [6, 6.07) is 0.803. The zero-order chi connectivity index (χ0) is 11.3. The van der Waals surface area contributed by atoms with Gasteiger partial charge in [0.05, 0.1) is 0 Å². The molecule has 2 nitrogen and oxygen atoms in total. The van der Waals surface area contributed by atoms with E-state index in [-0.39, 0.29) is 0 Å². The smallest absolute Gasteiger partial charge is 0.00676 e. The lowest BCUT2D eigenvalue weighted by Gasteiger charge is -2.35. The molecule has 1 aliphatic heterocycles. The second kappa shape index (κ2) is 5.86. The molecule has 0 spiro atoms. The van der Waals surface area contributed by atoms with Crippen molar-refractivity contribution in [3.05, 3.63) is 0 Å². The number of rotatable bonds is 6. The molecule has 2 heteroatoms. The summed E-state index contributed by atoms with van der Waals surface area (Å²) in [6.45, 7) is 14.1. The first kappa shape index (κ1) is 13.0. The summed E-state index contributed by atoms with van der Waals surface area (Å²) in [6.07, 6.45) is 4.05. The van der Waals surface area contributed by atoms with Crippen LogP contribution in [-0.4, -0.2) is 37.1 Å². The van der Waals surface area contributed by atoms with Crippen LogP contribution < -0.4 is 5.32 Å². The van der Waals surface area contributed by atoms with Crippen molar-refractivity contribution in [2.75, 3.05) is 26.2 Å². The van der Waals surface area contributed by atoms with Crippen molar-refractivity contribution >= 4 is 0 Å². The Morgan fingerprint density at radius 1 is 1.40 bits per heavy atom. The minimum absolute atomic E-state index is 0.453. The molecule has 1 heterocycles. The molecular formula is C13H28N2. The molecule has 0 aromatic carbocycles. The van der Waals surface area contributed by atoms with Gasteiger partial charge in [-0.3, -0.25) is 0 Å². The Labute approximate surface area is 95.4 Å². The van der Waals surface area contributed by atoms with Crippen LogP contribution in [0.3, 0.4) is 0 Å². The highest BCUT2D eigenvalue weighted by atomic mass is 15.2. The average molecular weight is 212 g/mol. The molecule has 0 amide bonds. The topological polar surface area (TPSA) is 15.3 Å². The summed E-state index contributed by atoms with van der Waals surface area (Å²) in [4.78, 5) is 2.67. The maximum atomic E-state index is 3.50. The molecule has 1 rings (SSSR count). The van der Waals surface area contributed by atoms with E-state index in [1.54, 1.807) is 0 Å². The fraction of sp³-hybridized carbons (Fsp3) is 1.00. The van der Waals surface area contributed by atoms with Crippen molar-refractivity contribution in [2.45, 2.75) is 53.0 Å². The normalized spacial score (nSPS) is 26.8. The van der Waals surface area contributed by atoms with Crippen molar-refractivity contribution < 1.29 is 0 Å². The Kier molecular flexibility index (Phi) is 5.07. The lowest BCUT2D eigenvalue weighted by atomic mass is 9.86. The molecule has 0 aliphatic carbocycles. The van der Waals surface area contributed by atoms with Gasteiger partial charge in [0.15, 0.2) is 0 Å². The molecule has 2 unspecified atom stereocenters. The summed E-state index contributed by atoms with van der Waals surface area (Å²) >= 11 is 0. The van der Waals surface area contributed by atoms with E-state index in [0.29, 0.717) is 5.41 Å². The standard InChI is InChI=1S/C13H28N2/c1-5-13(4,10-14-6-2)11-15-9-7-8-12(15)3/h12,14H,5-11H2,1-4H3. The first-order valence-electron chi connectivity index (χ1n) is 6.56. The number of likely N-dealkylation sites (tertiary alicyclic amines) is 1. The van der Waals surface area contributed by atoms with E-state index in [9.17, 15) is 0 Å². The molecule has 0 radical (unpaired) electrons. The van der Waals surface area contributed by atoms with Gasteiger partial charge in [-0.05, 0) is 44.7 Å². The molecule has 1 saturated heterocycles. The van der Waals surface area contributed by atoms with Crippen LogP contribution in [0.4, 0.5) is 0 Å². The number of nitrogens with one attached hydrogen (secondary N) is 1. The predicted molar refractivity (Wildman–Crippen MR) is 67.2 cm³/mol. The number of hydrogen-bond donors (Lipinski definition) is 1.